The first-order chi connectivity index (χ1) is 19.7. The van der Waals surface area contributed by atoms with E-state index in [0.717, 1.165) is 15.2 Å². The lowest BCUT2D eigenvalue weighted by Crippen LogP contribution is -2.52. The molecule has 0 fully saturated rings. The molecule has 208 valence electrons. The predicted molar refractivity (Wildman–Crippen MR) is 156 cm³/mol. The number of methoxy groups -OCH3 is 1. The molecule has 3 amide bonds. The van der Waals surface area contributed by atoms with Gasteiger partial charge >= 0.3 is 6.09 Å². The third kappa shape index (κ3) is 5.41. The highest BCUT2D eigenvalue weighted by Gasteiger charge is 2.37. The van der Waals surface area contributed by atoms with Gasteiger partial charge in [-0.2, -0.15) is 0 Å². The molecule has 1 heterocycles. The largest absolute Gasteiger partial charge is 0.496 e. The molecule has 0 saturated heterocycles. The molecular weight excluding hydrogens is 596 g/mol. The van der Waals surface area contributed by atoms with Gasteiger partial charge in [-0.25, -0.2) is 4.79 Å². The van der Waals surface area contributed by atoms with E-state index in [0.29, 0.717) is 22.7 Å². The fraction of sp³-hybridized carbons (Fsp3) is 0.138. The van der Waals surface area contributed by atoms with Crippen LogP contribution in [0.1, 0.15) is 15.9 Å². The number of carbonyl (C=O) groups is 3. The molecule has 0 aliphatic carbocycles. The summed E-state index contributed by atoms with van der Waals surface area (Å²) in [5.41, 5.74) is 1.42. The number of rotatable bonds is 6. The number of anilines is 2. The molecule has 0 radical (unpaired) electrons. The average Bonchev–Trinajstić information content (AvgIpc) is 3.07. The number of fused-ring (bicyclic) bond motifs is 2. The number of non-ortho nitro benzene ring substituents is 1. The van der Waals surface area contributed by atoms with E-state index in [2.05, 4.69) is 21.2 Å². The Balaban J connectivity index is 1.64. The van der Waals surface area contributed by atoms with Crippen LogP contribution in [0.25, 0.3) is 10.8 Å². The number of carboxylic acid groups (broad SMARTS) is 1. The highest BCUT2D eigenvalue weighted by Crippen LogP contribution is 2.38. The number of hydrogen-bond donors (Lipinski definition) is 2. The smallest absolute Gasteiger partial charge is 0.405 e. The maximum absolute atomic E-state index is 14.0. The highest BCUT2D eigenvalue weighted by molar-refractivity contribution is 9.10. The lowest BCUT2D eigenvalue weighted by molar-refractivity contribution is -0.384. The monoisotopic (exact) mass is 618 g/mol. The summed E-state index contributed by atoms with van der Waals surface area (Å²) in [5.74, 6) is -0.572. The molecule has 4 aromatic carbocycles. The number of nitrogens with one attached hydrogen (secondary N) is 1. The first kappa shape index (κ1) is 27.6. The summed E-state index contributed by atoms with van der Waals surface area (Å²) in [6.45, 7) is -0.274. The van der Waals surface area contributed by atoms with Crippen molar-refractivity contribution in [3.8, 4) is 5.75 Å². The molecule has 12 heteroatoms. The number of hydrogen-bond acceptors (Lipinski definition) is 6. The predicted octanol–water partition coefficient (Wildman–Crippen LogP) is 5.35. The second-order valence-electron chi connectivity index (χ2n) is 9.25. The topological polar surface area (TPSA) is 142 Å². The summed E-state index contributed by atoms with van der Waals surface area (Å²) in [6, 6.07) is 20.0. The van der Waals surface area contributed by atoms with Gasteiger partial charge < -0.3 is 25.0 Å². The summed E-state index contributed by atoms with van der Waals surface area (Å²) in [4.78, 5) is 52.8. The number of amides is 3. The molecule has 0 bridgehead atoms. The minimum atomic E-state index is -1.43. The van der Waals surface area contributed by atoms with E-state index < -0.39 is 28.9 Å². The first-order valence-corrected chi connectivity index (χ1v) is 13.2. The maximum atomic E-state index is 14.0. The van der Waals surface area contributed by atoms with Crippen molar-refractivity contribution in [1.82, 2.24) is 5.32 Å². The van der Waals surface area contributed by atoms with Gasteiger partial charge in [0.2, 0.25) is 0 Å². The van der Waals surface area contributed by atoms with Gasteiger partial charge in [-0.15, -0.1) is 0 Å². The third-order valence-electron chi connectivity index (χ3n) is 6.85. The Morgan fingerprint density at radius 2 is 1.78 bits per heavy atom. The lowest BCUT2D eigenvalue weighted by Gasteiger charge is -2.27. The van der Waals surface area contributed by atoms with Crippen LogP contribution in [0.15, 0.2) is 83.3 Å². The van der Waals surface area contributed by atoms with Gasteiger partial charge in [-0.3, -0.25) is 19.7 Å². The zero-order valence-electron chi connectivity index (χ0n) is 21.6. The Hall–Kier alpha value is -4.97. The van der Waals surface area contributed by atoms with Crippen molar-refractivity contribution in [2.75, 3.05) is 23.5 Å². The van der Waals surface area contributed by atoms with Crippen molar-refractivity contribution in [2.24, 2.45) is 0 Å². The van der Waals surface area contributed by atoms with E-state index in [1.54, 1.807) is 30.3 Å². The molecule has 41 heavy (non-hydrogen) atoms. The quantitative estimate of drug-likeness (QED) is 0.219. The Morgan fingerprint density at radius 3 is 2.44 bits per heavy atom. The molecule has 0 spiro atoms. The maximum Gasteiger partial charge on any atom is 0.405 e. The number of ether oxygens (including phenoxy) is 1. The van der Waals surface area contributed by atoms with E-state index in [4.69, 9.17) is 4.74 Å². The van der Waals surface area contributed by atoms with Crippen molar-refractivity contribution in [1.29, 1.82) is 0 Å². The molecule has 1 aliphatic rings. The lowest BCUT2D eigenvalue weighted by atomic mass is 10.0. The van der Waals surface area contributed by atoms with E-state index in [9.17, 15) is 29.6 Å². The molecule has 4 aromatic rings. The van der Waals surface area contributed by atoms with Gasteiger partial charge in [0.25, 0.3) is 17.5 Å². The zero-order valence-corrected chi connectivity index (χ0v) is 23.2. The molecule has 1 atom stereocenters. The second kappa shape index (κ2) is 11.3. The Bertz CT molecular complexity index is 1690. The Labute approximate surface area is 242 Å². The van der Waals surface area contributed by atoms with E-state index in [1.807, 2.05) is 24.3 Å². The zero-order chi connectivity index (χ0) is 29.3. The van der Waals surface area contributed by atoms with Gasteiger partial charge in [0, 0.05) is 27.7 Å². The number of benzene rings is 4. The molecule has 2 N–H and O–H groups in total. The van der Waals surface area contributed by atoms with Crippen molar-refractivity contribution in [2.45, 2.75) is 12.6 Å². The molecule has 1 unspecified atom stereocenters. The molecular formula is C29H23BrN4O7. The third-order valence-corrected chi connectivity index (χ3v) is 7.34. The summed E-state index contributed by atoms with van der Waals surface area (Å²) >= 11 is 3.48. The number of carbonyl (C=O) groups excluding carboxylic acids is 2. The van der Waals surface area contributed by atoms with Crippen molar-refractivity contribution >= 4 is 61.7 Å². The van der Waals surface area contributed by atoms with Crippen LogP contribution < -0.4 is 19.9 Å². The highest BCUT2D eigenvalue weighted by atomic mass is 79.9. The van der Waals surface area contributed by atoms with Gasteiger partial charge in [0.15, 0.2) is 0 Å². The first-order valence-electron chi connectivity index (χ1n) is 12.4. The Kier molecular flexibility index (Phi) is 7.58. The van der Waals surface area contributed by atoms with E-state index >= 15 is 0 Å². The van der Waals surface area contributed by atoms with Crippen molar-refractivity contribution in [3.63, 3.8) is 0 Å². The van der Waals surface area contributed by atoms with Gasteiger partial charge in [0.05, 0.1) is 36.5 Å². The minimum absolute atomic E-state index is 0.0232. The molecule has 11 nitrogen and oxygen atoms in total. The fourth-order valence-electron chi connectivity index (χ4n) is 4.94. The summed E-state index contributed by atoms with van der Waals surface area (Å²) in [7, 11) is 1.53. The van der Waals surface area contributed by atoms with Gasteiger partial charge in [-0.1, -0.05) is 40.2 Å². The van der Waals surface area contributed by atoms with Crippen LogP contribution in [-0.2, 0) is 11.3 Å². The number of para-hydroxylation sites is 2. The van der Waals surface area contributed by atoms with Gasteiger partial charge in [-0.05, 0) is 53.2 Å². The molecule has 5 rings (SSSR count). The summed E-state index contributed by atoms with van der Waals surface area (Å²) < 4.78 is 6.52. The fourth-order valence-corrected chi connectivity index (χ4v) is 5.32. The standard InChI is InChI=1S/C29H23BrN4O7/c1-41-26-13-8-18-14-19(30)9-12-21(18)22(26)15-32-24-4-2-3-5-25(24)33(16-23(28(32)36)31-29(37)38)27(35)17-6-10-20(11-7-17)34(39)40/h2-14,23,31H,15-16H2,1H3,(H,37,38). The number of nitrogens with zero attached hydrogens (tertiary/aromatic N) is 3. The summed E-state index contributed by atoms with van der Waals surface area (Å²) in [6.07, 6.45) is -1.43. The van der Waals surface area contributed by atoms with Crippen molar-refractivity contribution < 1.29 is 29.2 Å². The van der Waals surface area contributed by atoms with Gasteiger partial charge in [0.1, 0.15) is 11.8 Å². The SMILES string of the molecule is COc1ccc2cc(Br)ccc2c1CN1C(=O)C(NC(=O)O)CN(C(=O)c2ccc([N+](=O)[O-])cc2)c2ccccc21. The Morgan fingerprint density at radius 1 is 1.07 bits per heavy atom. The summed E-state index contributed by atoms with van der Waals surface area (Å²) in [5, 5.41) is 24.7. The molecule has 1 aliphatic heterocycles. The van der Waals surface area contributed by atoms with Crippen molar-refractivity contribution in [3.05, 3.63) is 105 Å². The molecule has 0 aromatic heterocycles. The van der Waals surface area contributed by atoms with Crippen LogP contribution in [0.4, 0.5) is 21.9 Å². The second-order valence-corrected chi connectivity index (χ2v) is 10.2. The number of halogens is 1. The van der Waals surface area contributed by atoms with Crippen LogP contribution in [0.2, 0.25) is 0 Å². The average molecular weight is 619 g/mol. The van der Waals surface area contributed by atoms with Crippen LogP contribution >= 0.6 is 15.9 Å². The van der Waals surface area contributed by atoms with Crippen LogP contribution in [0, 0.1) is 10.1 Å². The minimum Gasteiger partial charge on any atom is -0.496 e. The normalized spacial score (nSPS) is 14.8. The number of nitro benzene ring substituents is 1. The van der Waals surface area contributed by atoms with Crippen LogP contribution in [0.3, 0.4) is 0 Å². The molecule has 0 saturated carbocycles. The van der Waals surface area contributed by atoms with Crippen LogP contribution in [-0.4, -0.2) is 47.6 Å². The van der Waals surface area contributed by atoms with E-state index in [1.165, 1.54) is 41.2 Å². The van der Waals surface area contributed by atoms with E-state index in [-0.39, 0.29) is 24.3 Å². The van der Waals surface area contributed by atoms with Crippen LogP contribution in [0.5, 0.6) is 5.75 Å². The number of nitro groups is 1.